The minimum absolute atomic E-state index is 0.0951. The van der Waals surface area contributed by atoms with Crippen LogP contribution in [-0.4, -0.2) is 39.6 Å². The van der Waals surface area contributed by atoms with Gasteiger partial charge in [0.1, 0.15) is 5.83 Å². The predicted octanol–water partition coefficient (Wildman–Crippen LogP) is 4.68. The van der Waals surface area contributed by atoms with Crippen LogP contribution in [0.5, 0.6) is 0 Å². The van der Waals surface area contributed by atoms with Crippen molar-refractivity contribution in [3.63, 3.8) is 0 Å². The van der Waals surface area contributed by atoms with Crippen LogP contribution in [0.1, 0.15) is 36.5 Å². The Morgan fingerprint density at radius 2 is 2.07 bits per heavy atom. The fourth-order valence-corrected chi connectivity index (χ4v) is 3.57. The Morgan fingerprint density at radius 3 is 2.72 bits per heavy atom. The molecule has 0 spiro atoms. The van der Waals surface area contributed by atoms with Crippen LogP contribution in [0.15, 0.2) is 77.5 Å². The molecule has 1 saturated heterocycles. The van der Waals surface area contributed by atoms with E-state index >= 15 is 0 Å². The quantitative estimate of drug-likeness (QED) is 0.720. The Labute approximate surface area is 169 Å². The molecule has 2 heterocycles. The van der Waals surface area contributed by atoms with Crippen molar-refractivity contribution in [2.45, 2.75) is 31.8 Å². The average Bonchev–Trinajstić information content (AvgIpc) is 3.26. The number of carbonyl (C=O) groups is 1. The maximum Gasteiger partial charge on any atom is 0.254 e. The van der Waals surface area contributed by atoms with Gasteiger partial charge in [0.25, 0.3) is 5.91 Å². The fraction of sp³-hybridized carbons (Fsp3) is 0.304. The molecule has 0 atom stereocenters. The smallest absolute Gasteiger partial charge is 0.254 e. The number of allylic oxidation sites excluding steroid dienone is 4. The minimum atomic E-state index is -0.902. The van der Waals surface area contributed by atoms with Crippen molar-refractivity contribution in [3.8, 4) is 11.3 Å². The van der Waals surface area contributed by atoms with Crippen LogP contribution in [0.4, 0.5) is 4.39 Å². The van der Waals surface area contributed by atoms with Gasteiger partial charge in [0.15, 0.2) is 12.2 Å². The number of aliphatic hydroxyl groups is 1. The van der Waals surface area contributed by atoms with Gasteiger partial charge < -0.3 is 14.4 Å². The molecule has 1 aliphatic rings. The lowest BCUT2D eigenvalue weighted by Gasteiger charge is -2.38. The number of hydrogen-bond acceptors (Lipinski definition) is 4. The summed E-state index contributed by atoms with van der Waals surface area (Å²) < 4.78 is 18.5. The number of aromatic nitrogens is 1. The van der Waals surface area contributed by atoms with Crippen LogP contribution in [0, 0.1) is 0 Å². The van der Waals surface area contributed by atoms with E-state index in [0.717, 1.165) is 11.6 Å². The van der Waals surface area contributed by atoms with Gasteiger partial charge >= 0.3 is 0 Å². The van der Waals surface area contributed by atoms with E-state index in [9.17, 15) is 14.3 Å². The summed E-state index contributed by atoms with van der Waals surface area (Å²) in [4.78, 5) is 18.7. The van der Waals surface area contributed by atoms with Crippen LogP contribution >= 0.6 is 0 Å². The molecule has 6 heteroatoms. The van der Waals surface area contributed by atoms with Crippen LogP contribution < -0.4 is 0 Å². The van der Waals surface area contributed by atoms with E-state index in [-0.39, 0.29) is 5.91 Å². The lowest BCUT2D eigenvalue weighted by molar-refractivity contribution is -0.0161. The first-order valence-electron chi connectivity index (χ1n) is 9.57. The van der Waals surface area contributed by atoms with Crippen LogP contribution in [0.2, 0.25) is 0 Å². The highest BCUT2D eigenvalue weighted by Crippen LogP contribution is 2.31. The summed E-state index contributed by atoms with van der Waals surface area (Å²) in [6, 6.07) is 7.27. The van der Waals surface area contributed by atoms with E-state index in [2.05, 4.69) is 11.6 Å². The number of piperidine rings is 1. The Morgan fingerprint density at radius 1 is 1.34 bits per heavy atom. The van der Waals surface area contributed by atoms with Crippen LogP contribution in [0.3, 0.4) is 0 Å². The largest absolute Gasteiger partial charge is 0.443 e. The summed E-state index contributed by atoms with van der Waals surface area (Å²) >= 11 is 0. The number of carbonyl (C=O) groups excluding carboxylic acids is 1. The van der Waals surface area contributed by atoms with E-state index in [1.54, 1.807) is 23.2 Å². The first kappa shape index (κ1) is 20.7. The van der Waals surface area contributed by atoms with Gasteiger partial charge in [0, 0.05) is 18.7 Å². The second kappa shape index (κ2) is 9.01. The zero-order chi connectivity index (χ0) is 20.9. The van der Waals surface area contributed by atoms with Crippen molar-refractivity contribution in [1.29, 1.82) is 0 Å². The summed E-state index contributed by atoms with van der Waals surface area (Å²) in [5, 5.41) is 10.9. The van der Waals surface area contributed by atoms with Crippen molar-refractivity contribution < 1.29 is 18.7 Å². The Bertz CT molecular complexity index is 923. The standard InChI is InChI=1S/C23H25FN2O3/c1-3-18(24)9-8-17(2)14-23(28)10-12-26(13-11-23)22(27)20-7-5-4-6-19(20)21-15-25-16-29-21/h3-9,15-16,28H,1,10-14H2,2H3/b17-8+,18-9+. The molecule has 1 N–H and O–H groups in total. The predicted molar refractivity (Wildman–Crippen MR) is 110 cm³/mol. The normalized spacial score (nSPS) is 17.3. The van der Waals surface area contributed by atoms with Crippen molar-refractivity contribution in [2.24, 2.45) is 0 Å². The molecule has 5 nitrogen and oxygen atoms in total. The molecule has 1 fully saturated rings. The maximum atomic E-state index is 13.2. The van der Waals surface area contributed by atoms with E-state index in [4.69, 9.17) is 4.42 Å². The number of nitrogens with zero attached hydrogens (tertiary/aromatic N) is 2. The third-order valence-electron chi connectivity index (χ3n) is 5.17. The van der Waals surface area contributed by atoms with Crippen molar-refractivity contribution in [2.75, 3.05) is 13.1 Å². The van der Waals surface area contributed by atoms with Crippen LogP contribution in [-0.2, 0) is 0 Å². The molecular weight excluding hydrogens is 371 g/mol. The van der Waals surface area contributed by atoms with E-state index in [1.165, 1.54) is 12.5 Å². The molecular formula is C23H25FN2O3. The third-order valence-corrected chi connectivity index (χ3v) is 5.17. The number of hydrogen-bond donors (Lipinski definition) is 1. The average molecular weight is 396 g/mol. The van der Waals surface area contributed by atoms with E-state index in [1.807, 2.05) is 25.1 Å². The molecule has 152 valence electrons. The number of amides is 1. The zero-order valence-electron chi connectivity index (χ0n) is 16.5. The molecule has 0 unspecified atom stereocenters. The first-order valence-corrected chi connectivity index (χ1v) is 9.57. The monoisotopic (exact) mass is 396 g/mol. The van der Waals surface area contributed by atoms with Crippen molar-refractivity contribution >= 4 is 5.91 Å². The SMILES string of the molecule is C=C/C(F)=C\C=C(/C)CC1(O)CCN(C(=O)c2ccccc2-c2cnco2)CC1. The molecule has 0 radical (unpaired) electrons. The Kier molecular flexibility index (Phi) is 6.44. The van der Waals surface area contributed by atoms with Gasteiger partial charge in [-0.05, 0) is 44.4 Å². The lowest BCUT2D eigenvalue weighted by Crippen LogP contribution is -2.46. The van der Waals surface area contributed by atoms with Gasteiger partial charge in [0.05, 0.1) is 17.4 Å². The highest BCUT2D eigenvalue weighted by molar-refractivity contribution is 6.00. The number of likely N-dealkylation sites (tertiary alicyclic amines) is 1. The van der Waals surface area contributed by atoms with Gasteiger partial charge in [-0.2, -0.15) is 0 Å². The van der Waals surface area contributed by atoms with Gasteiger partial charge in [-0.3, -0.25) is 4.79 Å². The summed E-state index contributed by atoms with van der Waals surface area (Å²) in [5.41, 5.74) is 1.22. The summed E-state index contributed by atoms with van der Waals surface area (Å²) in [7, 11) is 0. The van der Waals surface area contributed by atoms with Gasteiger partial charge in [-0.15, -0.1) is 0 Å². The topological polar surface area (TPSA) is 66.6 Å². The molecule has 3 rings (SSSR count). The lowest BCUT2D eigenvalue weighted by atomic mass is 9.85. The highest BCUT2D eigenvalue weighted by atomic mass is 19.1. The molecule has 0 aliphatic carbocycles. The summed E-state index contributed by atoms with van der Waals surface area (Å²) in [6.07, 6.45) is 8.40. The third kappa shape index (κ3) is 5.09. The molecule has 2 aromatic rings. The van der Waals surface area contributed by atoms with Gasteiger partial charge in [-0.1, -0.05) is 36.4 Å². The summed E-state index contributed by atoms with van der Waals surface area (Å²) in [6.45, 7) is 6.13. The van der Waals surface area contributed by atoms with Gasteiger partial charge in [-0.25, -0.2) is 9.37 Å². The zero-order valence-corrected chi connectivity index (χ0v) is 16.5. The van der Waals surface area contributed by atoms with Crippen molar-refractivity contribution in [3.05, 3.63) is 78.6 Å². The van der Waals surface area contributed by atoms with Gasteiger partial charge in [0.2, 0.25) is 0 Å². The highest BCUT2D eigenvalue weighted by Gasteiger charge is 2.34. The molecule has 0 bridgehead atoms. The second-order valence-electron chi connectivity index (χ2n) is 7.37. The molecule has 0 saturated carbocycles. The van der Waals surface area contributed by atoms with Crippen LogP contribution in [0.25, 0.3) is 11.3 Å². The molecule has 1 aromatic heterocycles. The minimum Gasteiger partial charge on any atom is -0.443 e. The number of oxazole rings is 1. The molecule has 1 aromatic carbocycles. The fourth-order valence-electron chi connectivity index (χ4n) is 3.57. The van der Waals surface area contributed by atoms with E-state index in [0.29, 0.717) is 49.2 Å². The molecule has 1 amide bonds. The Balaban J connectivity index is 1.67. The van der Waals surface area contributed by atoms with Crippen molar-refractivity contribution in [1.82, 2.24) is 9.88 Å². The Hall–Kier alpha value is -2.99. The van der Waals surface area contributed by atoms with E-state index < -0.39 is 11.4 Å². The number of rotatable bonds is 6. The number of benzene rings is 1. The number of halogens is 1. The maximum absolute atomic E-state index is 13.2. The molecule has 1 aliphatic heterocycles. The first-order chi connectivity index (χ1) is 13.9. The molecule has 29 heavy (non-hydrogen) atoms. The second-order valence-corrected chi connectivity index (χ2v) is 7.37. The summed E-state index contributed by atoms with van der Waals surface area (Å²) in [5.74, 6) is 0.0347.